The molecule has 28 heavy (non-hydrogen) atoms. The van der Waals surface area contributed by atoms with E-state index in [1.807, 2.05) is 31.2 Å². The zero-order valence-corrected chi connectivity index (χ0v) is 16.3. The van der Waals surface area contributed by atoms with E-state index in [4.69, 9.17) is 0 Å². The predicted molar refractivity (Wildman–Crippen MR) is 106 cm³/mol. The van der Waals surface area contributed by atoms with Crippen molar-refractivity contribution in [1.82, 2.24) is 9.97 Å². The fraction of sp³-hybridized carbons (Fsp3) is 0.158. The van der Waals surface area contributed by atoms with Gasteiger partial charge < -0.3 is 15.4 Å². The van der Waals surface area contributed by atoms with Gasteiger partial charge in [0.05, 0.1) is 11.4 Å². The molecule has 1 aromatic heterocycles. The Labute approximate surface area is 168 Å². The molecule has 0 bridgehead atoms. The van der Waals surface area contributed by atoms with Gasteiger partial charge in [0.2, 0.25) is 5.95 Å². The molecule has 0 aliphatic heterocycles. The molecular weight excluding hydrogens is 437 g/mol. The number of aromatic nitrogens is 2. The lowest BCUT2D eigenvalue weighted by molar-refractivity contribution is -0.274. The maximum absolute atomic E-state index is 12.5. The zero-order chi connectivity index (χ0) is 20.1. The minimum absolute atomic E-state index is 0.311. The van der Waals surface area contributed by atoms with Crippen LogP contribution in [0.5, 0.6) is 5.75 Å². The third-order valence-electron chi connectivity index (χ3n) is 3.56. The Morgan fingerprint density at radius 3 is 2.54 bits per heavy atom. The number of halogens is 4. The maximum Gasteiger partial charge on any atom is 0.573 e. The smallest absolute Gasteiger partial charge is 0.406 e. The summed E-state index contributed by atoms with van der Waals surface area (Å²) >= 11 is 3.46. The molecule has 0 aliphatic carbocycles. The van der Waals surface area contributed by atoms with Crippen molar-refractivity contribution >= 4 is 33.4 Å². The second-order valence-corrected chi connectivity index (χ2v) is 6.53. The molecule has 0 spiro atoms. The van der Waals surface area contributed by atoms with E-state index < -0.39 is 6.36 Å². The summed E-state index contributed by atoms with van der Waals surface area (Å²) < 4.78 is 42.4. The van der Waals surface area contributed by atoms with Crippen molar-refractivity contribution in [3.8, 4) is 17.0 Å². The summed E-state index contributed by atoms with van der Waals surface area (Å²) in [5.41, 5.74) is 1.72. The number of hydrogen-bond acceptors (Lipinski definition) is 5. The second-order valence-electron chi connectivity index (χ2n) is 5.67. The Morgan fingerprint density at radius 2 is 1.82 bits per heavy atom. The number of alkyl halides is 3. The van der Waals surface area contributed by atoms with Crippen LogP contribution in [-0.2, 0) is 0 Å². The van der Waals surface area contributed by atoms with Gasteiger partial charge in [-0.1, -0.05) is 24.3 Å². The van der Waals surface area contributed by atoms with Gasteiger partial charge in [-0.3, -0.25) is 0 Å². The Hall–Kier alpha value is -2.81. The van der Waals surface area contributed by atoms with Crippen LogP contribution in [0.1, 0.15) is 6.92 Å². The van der Waals surface area contributed by atoms with Crippen LogP contribution in [0.2, 0.25) is 0 Å². The molecule has 0 saturated heterocycles. The number of nitrogens with zero attached hydrogens (tertiary/aromatic N) is 2. The van der Waals surface area contributed by atoms with E-state index in [1.165, 1.54) is 18.2 Å². The lowest BCUT2D eigenvalue weighted by atomic mass is 10.1. The molecule has 3 rings (SSSR count). The summed E-state index contributed by atoms with van der Waals surface area (Å²) in [5.74, 6) is 0.542. The van der Waals surface area contributed by atoms with E-state index in [2.05, 4.69) is 41.3 Å². The van der Waals surface area contributed by atoms with Crippen LogP contribution in [0.15, 0.2) is 59.1 Å². The first kappa shape index (κ1) is 19.9. The van der Waals surface area contributed by atoms with Crippen molar-refractivity contribution in [2.45, 2.75) is 13.3 Å². The molecule has 1 heterocycles. The number of rotatable bonds is 6. The van der Waals surface area contributed by atoms with Crippen LogP contribution in [-0.4, -0.2) is 22.9 Å². The van der Waals surface area contributed by atoms with E-state index in [0.717, 1.165) is 10.2 Å². The summed E-state index contributed by atoms with van der Waals surface area (Å²) in [7, 11) is 0. The van der Waals surface area contributed by atoms with Crippen molar-refractivity contribution < 1.29 is 17.9 Å². The molecule has 0 saturated carbocycles. The first-order valence-electron chi connectivity index (χ1n) is 8.35. The molecule has 2 aromatic carbocycles. The van der Waals surface area contributed by atoms with Gasteiger partial charge >= 0.3 is 6.36 Å². The summed E-state index contributed by atoms with van der Waals surface area (Å²) in [6.07, 6.45) is -4.76. The molecule has 0 amide bonds. The highest BCUT2D eigenvalue weighted by atomic mass is 79.9. The van der Waals surface area contributed by atoms with E-state index in [1.54, 1.807) is 12.1 Å². The first-order valence-corrected chi connectivity index (χ1v) is 9.14. The van der Waals surface area contributed by atoms with Crippen LogP contribution in [0.4, 0.5) is 30.6 Å². The maximum atomic E-state index is 12.5. The topological polar surface area (TPSA) is 59.1 Å². The van der Waals surface area contributed by atoms with Crippen LogP contribution in [0, 0.1) is 0 Å². The van der Waals surface area contributed by atoms with Crippen LogP contribution in [0.25, 0.3) is 11.3 Å². The molecule has 5 nitrogen and oxygen atoms in total. The number of anilines is 3. The largest absolute Gasteiger partial charge is 0.573 e. The number of ether oxygens (including phenoxy) is 1. The molecule has 146 valence electrons. The van der Waals surface area contributed by atoms with Crippen LogP contribution < -0.4 is 15.4 Å². The number of hydrogen-bond donors (Lipinski definition) is 2. The Bertz CT molecular complexity index is 966. The number of benzene rings is 2. The molecule has 0 radical (unpaired) electrons. The highest BCUT2D eigenvalue weighted by Crippen LogP contribution is 2.30. The Kier molecular flexibility index (Phi) is 6.03. The quantitative estimate of drug-likeness (QED) is 0.481. The second kappa shape index (κ2) is 8.47. The van der Waals surface area contributed by atoms with E-state index in [9.17, 15) is 13.2 Å². The minimum atomic E-state index is -4.76. The molecule has 3 aromatic rings. The fourth-order valence-electron chi connectivity index (χ4n) is 2.45. The zero-order valence-electron chi connectivity index (χ0n) is 14.7. The fourth-order valence-corrected chi connectivity index (χ4v) is 2.83. The van der Waals surface area contributed by atoms with Crippen molar-refractivity contribution in [2.75, 3.05) is 17.2 Å². The third kappa shape index (κ3) is 5.35. The SMILES string of the molecule is CCNc1nc(Nc2ccccc2Br)cc(-c2cccc(OC(F)(F)F)c2)n1. The van der Waals surface area contributed by atoms with Crippen molar-refractivity contribution in [3.05, 3.63) is 59.1 Å². The van der Waals surface area contributed by atoms with Gasteiger partial charge in [-0.2, -0.15) is 4.98 Å². The normalized spacial score (nSPS) is 11.2. The lowest BCUT2D eigenvalue weighted by Crippen LogP contribution is -2.17. The van der Waals surface area contributed by atoms with E-state index >= 15 is 0 Å². The van der Waals surface area contributed by atoms with Gasteiger partial charge in [-0.25, -0.2) is 4.98 Å². The summed E-state index contributed by atoms with van der Waals surface area (Å²) in [5, 5.41) is 6.21. The standard InChI is InChI=1S/C19H16BrF3N4O/c1-2-24-18-26-16(12-6-5-7-13(10-12)28-19(21,22)23)11-17(27-18)25-15-9-4-3-8-14(15)20/h3-11H,2H2,1H3,(H2,24,25,26,27). The number of para-hydroxylation sites is 1. The Morgan fingerprint density at radius 1 is 1.04 bits per heavy atom. The average molecular weight is 453 g/mol. The van der Waals surface area contributed by atoms with Gasteiger partial charge in [0.15, 0.2) is 0 Å². The summed E-state index contributed by atoms with van der Waals surface area (Å²) in [4.78, 5) is 8.79. The minimum Gasteiger partial charge on any atom is -0.406 e. The van der Waals surface area contributed by atoms with Crippen molar-refractivity contribution in [1.29, 1.82) is 0 Å². The van der Waals surface area contributed by atoms with Crippen molar-refractivity contribution in [2.24, 2.45) is 0 Å². The molecule has 9 heteroatoms. The Balaban J connectivity index is 1.98. The summed E-state index contributed by atoms with van der Waals surface area (Å²) in [6, 6.07) is 14.8. The van der Waals surface area contributed by atoms with Gasteiger partial charge in [0.1, 0.15) is 11.6 Å². The molecule has 0 atom stereocenters. The molecule has 2 N–H and O–H groups in total. The number of nitrogens with one attached hydrogen (secondary N) is 2. The highest BCUT2D eigenvalue weighted by Gasteiger charge is 2.31. The van der Waals surface area contributed by atoms with Gasteiger partial charge in [-0.15, -0.1) is 13.2 Å². The van der Waals surface area contributed by atoms with Gasteiger partial charge in [0, 0.05) is 22.6 Å². The highest BCUT2D eigenvalue weighted by molar-refractivity contribution is 9.10. The van der Waals surface area contributed by atoms with E-state index in [-0.39, 0.29) is 5.75 Å². The summed E-state index contributed by atoms with van der Waals surface area (Å²) in [6.45, 7) is 2.49. The van der Waals surface area contributed by atoms with Crippen molar-refractivity contribution in [3.63, 3.8) is 0 Å². The van der Waals surface area contributed by atoms with Crippen LogP contribution >= 0.6 is 15.9 Å². The first-order chi connectivity index (χ1) is 13.3. The van der Waals surface area contributed by atoms with E-state index in [0.29, 0.717) is 29.6 Å². The molecule has 0 aliphatic rings. The third-order valence-corrected chi connectivity index (χ3v) is 4.25. The molecular formula is C19H16BrF3N4O. The van der Waals surface area contributed by atoms with Gasteiger partial charge in [-0.05, 0) is 47.1 Å². The molecule has 0 unspecified atom stereocenters. The average Bonchev–Trinajstić information content (AvgIpc) is 2.63. The molecule has 0 fully saturated rings. The van der Waals surface area contributed by atoms with Gasteiger partial charge in [0.25, 0.3) is 0 Å². The van der Waals surface area contributed by atoms with Crippen LogP contribution in [0.3, 0.4) is 0 Å². The predicted octanol–water partition coefficient (Wildman–Crippen LogP) is 5.98. The monoisotopic (exact) mass is 452 g/mol. The lowest BCUT2D eigenvalue weighted by Gasteiger charge is -2.13.